The summed E-state index contributed by atoms with van der Waals surface area (Å²) in [4.78, 5) is 14.6. The Morgan fingerprint density at radius 3 is 2.71 bits per heavy atom. The summed E-state index contributed by atoms with van der Waals surface area (Å²) in [5, 5.41) is 14.0. The van der Waals surface area contributed by atoms with E-state index in [1.165, 1.54) is 32.1 Å². The zero-order valence-corrected chi connectivity index (χ0v) is 15.2. The number of aliphatic hydroxyl groups is 1. The van der Waals surface area contributed by atoms with E-state index in [0.29, 0.717) is 13.1 Å². The fourth-order valence-electron chi connectivity index (χ4n) is 5.09. The third-order valence-electron chi connectivity index (χ3n) is 6.83. The minimum Gasteiger partial charge on any atom is -0.389 e. The van der Waals surface area contributed by atoms with Crippen LogP contribution in [-0.4, -0.2) is 55.0 Å². The van der Waals surface area contributed by atoms with Gasteiger partial charge in [0.05, 0.1) is 5.60 Å². The molecule has 2 amide bonds. The summed E-state index contributed by atoms with van der Waals surface area (Å²) < 4.78 is 5.27. The minimum atomic E-state index is -0.514. The molecule has 2 N–H and O–H groups in total. The number of likely N-dealkylation sites (tertiary alicyclic amines) is 1. The highest BCUT2D eigenvalue weighted by Crippen LogP contribution is 2.41. The molecule has 3 aliphatic rings. The van der Waals surface area contributed by atoms with Crippen LogP contribution < -0.4 is 5.32 Å². The first-order chi connectivity index (χ1) is 11.6. The monoisotopic (exact) mass is 338 g/mol. The van der Waals surface area contributed by atoms with E-state index >= 15 is 0 Å². The summed E-state index contributed by atoms with van der Waals surface area (Å²) in [7, 11) is 1.75. The lowest BCUT2D eigenvalue weighted by atomic mass is 9.71. The number of nitrogens with one attached hydrogen (secondary N) is 1. The second-order valence-corrected chi connectivity index (χ2v) is 8.35. The topological polar surface area (TPSA) is 61.8 Å². The molecule has 24 heavy (non-hydrogen) atoms. The van der Waals surface area contributed by atoms with Gasteiger partial charge in [-0.05, 0) is 43.9 Å². The van der Waals surface area contributed by atoms with Crippen molar-refractivity contribution in [2.75, 3.05) is 33.4 Å². The maximum atomic E-state index is 12.7. The van der Waals surface area contributed by atoms with E-state index < -0.39 is 5.60 Å². The molecule has 2 saturated carbocycles. The molecule has 0 aromatic heterocycles. The summed E-state index contributed by atoms with van der Waals surface area (Å²) in [6.45, 7) is 2.94. The number of nitrogens with zero attached hydrogens (tertiary/aromatic N) is 1. The van der Waals surface area contributed by atoms with Gasteiger partial charge in [0.1, 0.15) is 0 Å². The average Bonchev–Trinajstić information content (AvgIpc) is 3.06. The zero-order chi connectivity index (χ0) is 17.0. The van der Waals surface area contributed by atoms with Crippen molar-refractivity contribution < 1.29 is 14.6 Å². The van der Waals surface area contributed by atoms with Gasteiger partial charge in [-0.1, -0.05) is 25.7 Å². The molecule has 0 radical (unpaired) electrons. The van der Waals surface area contributed by atoms with E-state index in [1.807, 2.05) is 4.90 Å². The Kier molecular flexibility index (Phi) is 5.70. The van der Waals surface area contributed by atoms with Crippen LogP contribution in [0.15, 0.2) is 0 Å². The van der Waals surface area contributed by atoms with Crippen molar-refractivity contribution in [1.29, 1.82) is 0 Å². The van der Waals surface area contributed by atoms with Crippen LogP contribution in [-0.2, 0) is 4.74 Å². The summed E-state index contributed by atoms with van der Waals surface area (Å²) in [5.41, 5.74) is -0.285. The Labute approximate surface area is 146 Å². The van der Waals surface area contributed by atoms with E-state index in [2.05, 4.69) is 5.32 Å². The van der Waals surface area contributed by atoms with Gasteiger partial charge in [0, 0.05) is 39.3 Å². The van der Waals surface area contributed by atoms with Crippen molar-refractivity contribution in [3.05, 3.63) is 0 Å². The Morgan fingerprint density at radius 1 is 1.21 bits per heavy atom. The first kappa shape index (κ1) is 18.0. The lowest BCUT2D eigenvalue weighted by Gasteiger charge is -2.47. The van der Waals surface area contributed by atoms with Gasteiger partial charge in [-0.2, -0.15) is 0 Å². The van der Waals surface area contributed by atoms with Crippen LogP contribution >= 0.6 is 0 Å². The molecular weight excluding hydrogens is 304 g/mol. The first-order valence-corrected chi connectivity index (χ1v) is 9.81. The summed E-state index contributed by atoms with van der Waals surface area (Å²) in [6, 6.07) is 0.0614. The molecule has 2 aliphatic carbocycles. The van der Waals surface area contributed by atoms with Crippen LogP contribution in [0.4, 0.5) is 4.79 Å². The summed E-state index contributed by atoms with van der Waals surface area (Å²) >= 11 is 0. The number of carbonyl (C=O) groups is 1. The number of piperidine rings is 1. The molecule has 0 bridgehead atoms. The highest BCUT2D eigenvalue weighted by Gasteiger charge is 2.44. The summed E-state index contributed by atoms with van der Waals surface area (Å²) in [6.07, 6.45) is 11.0. The third kappa shape index (κ3) is 3.88. The van der Waals surface area contributed by atoms with Gasteiger partial charge < -0.3 is 20.1 Å². The van der Waals surface area contributed by atoms with E-state index in [0.717, 1.165) is 45.3 Å². The standard InChI is InChI=1S/C19H34N2O3/c1-24-13-11-18(7-4-5-8-18)15-20-17(22)21-12-10-19(23)9-3-2-6-16(19)14-21/h16,23H,2-15H2,1H3,(H,20,22)/t16-,19-/m0/s1. The van der Waals surface area contributed by atoms with Crippen LogP contribution in [0.25, 0.3) is 0 Å². The first-order valence-electron chi connectivity index (χ1n) is 9.81. The summed E-state index contributed by atoms with van der Waals surface area (Å²) in [5.74, 6) is 0.264. The van der Waals surface area contributed by atoms with Gasteiger partial charge in [-0.3, -0.25) is 0 Å². The predicted molar refractivity (Wildman–Crippen MR) is 93.9 cm³/mol. The van der Waals surface area contributed by atoms with Gasteiger partial charge in [-0.25, -0.2) is 4.79 Å². The highest BCUT2D eigenvalue weighted by molar-refractivity contribution is 5.74. The number of carbonyl (C=O) groups excluding carboxylic acids is 1. The zero-order valence-electron chi connectivity index (χ0n) is 15.2. The van der Waals surface area contributed by atoms with Gasteiger partial charge in [0.25, 0.3) is 0 Å². The minimum absolute atomic E-state index is 0.0614. The molecule has 5 heteroatoms. The van der Waals surface area contributed by atoms with E-state index in [-0.39, 0.29) is 17.4 Å². The van der Waals surface area contributed by atoms with Crippen molar-refractivity contribution in [3.63, 3.8) is 0 Å². The van der Waals surface area contributed by atoms with Gasteiger partial charge in [0.2, 0.25) is 0 Å². The molecule has 1 saturated heterocycles. The van der Waals surface area contributed by atoms with Crippen LogP contribution in [0.2, 0.25) is 0 Å². The molecule has 1 heterocycles. The number of hydrogen-bond acceptors (Lipinski definition) is 3. The fraction of sp³-hybridized carbons (Fsp3) is 0.947. The van der Waals surface area contributed by atoms with Crippen molar-refractivity contribution >= 4 is 6.03 Å². The maximum Gasteiger partial charge on any atom is 0.317 e. The van der Waals surface area contributed by atoms with Crippen LogP contribution in [0.5, 0.6) is 0 Å². The quantitative estimate of drug-likeness (QED) is 0.810. The molecule has 0 aromatic rings. The molecule has 3 fully saturated rings. The number of hydrogen-bond donors (Lipinski definition) is 2. The fourth-order valence-corrected chi connectivity index (χ4v) is 5.09. The number of rotatable bonds is 5. The van der Waals surface area contributed by atoms with Crippen molar-refractivity contribution in [3.8, 4) is 0 Å². The number of amides is 2. The van der Waals surface area contributed by atoms with Crippen LogP contribution in [0, 0.1) is 11.3 Å². The molecule has 0 aromatic carbocycles. The second kappa shape index (κ2) is 7.61. The van der Waals surface area contributed by atoms with Crippen molar-refractivity contribution in [1.82, 2.24) is 10.2 Å². The lowest BCUT2D eigenvalue weighted by molar-refractivity contribution is -0.0871. The molecule has 1 aliphatic heterocycles. The van der Waals surface area contributed by atoms with Crippen molar-refractivity contribution in [2.45, 2.75) is 69.8 Å². The van der Waals surface area contributed by atoms with E-state index in [9.17, 15) is 9.90 Å². The molecule has 138 valence electrons. The SMILES string of the molecule is COCCC1(CNC(=O)N2CC[C@@]3(O)CCCC[C@H]3C2)CCCC1. The normalized spacial score (nSPS) is 32.4. The van der Waals surface area contributed by atoms with Gasteiger partial charge in [-0.15, -0.1) is 0 Å². The Hall–Kier alpha value is -0.810. The Morgan fingerprint density at radius 2 is 1.96 bits per heavy atom. The van der Waals surface area contributed by atoms with Gasteiger partial charge >= 0.3 is 6.03 Å². The molecule has 0 unspecified atom stereocenters. The van der Waals surface area contributed by atoms with Crippen LogP contribution in [0.3, 0.4) is 0 Å². The number of fused-ring (bicyclic) bond motifs is 1. The number of urea groups is 1. The molecule has 3 rings (SSSR count). The number of methoxy groups -OCH3 is 1. The molecule has 2 atom stereocenters. The lowest BCUT2D eigenvalue weighted by Crippen LogP contribution is -2.57. The van der Waals surface area contributed by atoms with Crippen molar-refractivity contribution in [2.24, 2.45) is 11.3 Å². The molecule has 5 nitrogen and oxygen atoms in total. The second-order valence-electron chi connectivity index (χ2n) is 8.35. The average molecular weight is 338 g/mol. The molecule has 0 spiro atoms. The maximum absolute atomic E-state index is 12.7. The van der Waals surface area contributed by atoms with Crippen LogP contribution in [0.1, 0.15) is 64.2 Å². The Balaban J connectivity index is 1.51. The Bertz CT molecular complexity index is 436. The van der Waals surface area contributed by atoms with Gasteiger partial charge in [0.15, 0.2) is 0 Å². The number of ether oxygens (including phenoxy) is 1. The van der Waals surface area contributed by atoms with E-state index in [4.69, 9.17) is 4.74 Å². The molecular formula is C19H34N2O3. The third-order valence-corrected chi connectivity index (χ3v) is 6.83. The smallest absolute Gasteiger partial charge is 0.317 e. The highest BCUT2D eigenvalue weighted by atomic mass is 16.5. The largest absolute Gasteiger partial charge is 0.389 e. The van der Waals surface area contributed by atoms with E-state index in [1.54, 1.807) is 7.11 Å². The predicted octanol–water partition coefficient (Wildman–Crippen LogP) is 2.92.